The van der Waals surface area contributed by atoms with Gasteiger partial charge < -0.3 is 5.73 Å². The minimum absolute atomic E-state index is 0.0153. The molecule has 76 valence electrons. The average molecular weight is 207 g/mol. The van der Waals surface area contributed by atoms with Crippen molar-refractivity contribution < 1.29 is 22.4 Å². The number of alkyl halides is 3. The smallest absolute Gasteiger partial charge is 0.396 e. The Hall–Kier alpha value is -1.59. The Kier molecular flexibility index (Phi) is 2.46. The molecule has 0 aliphatic rings. The van der Waals surface area contributed by atoms with E-state index < -0.39 is 28.8 Å². The number of hydrogen-bond donors (Lipinski definition) is 1. The van der Waals surface area contributed by atoms with E-state index in [1.54, 1.807) is 0 Å². The molecule has 1 aromatic rings. The molecule has 2 N–H and O–H groups in total. The summed E-state index contributed by atoms with van der Waals surface area (Å²) < 4.78 is 49.2. The number of hydrogen-bond acceptors (Lipinski definition) is 2. The number of rotatable bonds is 1. The molecular weight excluding hydrogens is 202 g/mol. The maximum Gasteiger partial charge on any atom is 0.417 e. The molecule has 14 heavy (non-hydrogen) atoms. The fourth-order valence-corrected chi connectivity index (χ4v) is 0.951. The first-order valence-electron chi connectivity index (χ1n) is 3.47. The minimum Gasteiger partial charge on any atom is -0.396 e. The van der Waals surface area contributed by atoms with Gasteiger partial charge in [-0.25, -0.2) is 4.39 Å². The Morgan fingerprint density at radius 1 is 1.29 bits per heavy atom. The van der Waals surface area contributed by atoms with Crippen molar-refractivity contribution in [2.45, 2.75) is 6.18 Å². The lowest BCUT2D eigenvalue weighted by Crippen LogP contribution is -2.10. The fourth-order valence-electron chi connectivity index (χ4n) is 0.951. The Morgan fingerprint density at radius 3 is 2.29 bits per heavy atom. The maximum absolute atomic E-state index is 12.7. The first-order chi connectivity index (χ1) is 6.36. The van der Waals surface area contributed by atoms with Crippen molar-refractivity contribution in [3.63, 3.8) is 0 Å². The van der Waals surface area contributed by atoms with Crippen LogP contribution in [0.15, 0.2) is 12.1 Å². The number of benzene rings is 1. The highest BCUT2D eigenvalue weighted by Gasteiger charge is 2.34. The summed E-state index contributed by atoms with van der Waals surface area (Å²) in [5, 5.41) is 0. The van der Waals surface area contributed by atoms with Crippen LogP contribution >= 0.6 is 0 Å². The molecule has 0 radical (unpaired) electrons. The molecular formula is C8H5F4NO. The molecule has 0 saturated heterocycles. The maximum atomic E-state index is 12.7. The average Bonchev–Trinajstić information content (AvgIpc) is 2.07. The highest BCUT2D eigenvalue weighted by Crippen LogP contribution is 2.33. The standard InChI is InChI=1S/C8H5F4NO/c9-6-2-5(8(10,11)12)4(3-14)1-7(6)13/h1-3H,13H2. The quantitative estimate of drug-likeness (QED) is 0.436. The summed E-state index contributed by atoms with van der Waals surface area (Å²) in [6.45, 7) is 0. The van der Waals surface area contributed by atoms with Crippen LogP contribution in [0.5, 0.6) is 0 Å². The lowest BCUT2D eigenvalue weighted by molar-refractivity contribution is -0.138. The fraction of sp³-hybridized carbons (Fsp3) is 0.125. The molecule has 0 fully saturated rings. The van der Waals surface area contributed by atoms with E-state index in [4.69, 9.17) is 5.73 Å². The third-order valence-electron chi connectivity index (χ3n) is 1.60. The normalized spacial score (nSPS) is 11.4. The van der Waals surface area contributed by atoms with Gasteiger partial charge in [0, 0.05) is 5.56 Å². The highest BCUT2D eigenvalue weighted by atomic mass is 19.4. The molecule has 2 nitrogen and oxygen atoms in total. The van der Waals surface area contributed by atoms with E-state index in [9.17, 15) is 22.4 Å². The first-order valence-corrected chi connectivity index (χ1v) is 3.47. The SMILES string of the molecule is Nc1cc(C=O)c(C(F)(F)F)cc1F. The van der Waals surface area contributed by atoms with E-state index in [1.807, 2.05) is 0 Å². The zero-order valence-electron chi connectivity index (χ0n) is 6.73. The van der Waals surface area contributed by atoms with Crippen LogP contribution in [-0.2, 0) is 6.18 Å². The number of halogens is 4. The van der Waals surface area contributed by atoms with Gasteiger partial charge in [0.2, 0.25) is 0 Å². The van der Waals surface area contributed by atoms with Crippen LogP contribution in [-0.4, -0.2) is 6.29 Å². The largest absolute Gasteiger partial charge is 0.417 e. The number of carbonyl (C=O) groups excluding carboxylic acids is 1. The van der Waals surface area contributed by atoms with E-state index in [-0.39, 0.29) is 12.4 Å². The summed E-state index contributed by atoms with van der Waals surface area (Å²) in [5.74, 6) is -1.19. The van der Waals surface area contributed by atoms with Crippen LogP contribution in [0.4, 0.5) is 23.2 Å². The van der Waals surface area contributed by atoms with Gasteiger partial charge in [0.15, 0.2) is 6.29 Å². The molecule has 0 bridgehead atoms. The van der Waals surface area contributed by atoms with Crippen molar-refractivity contribution >= 4 is 12.0 Å². The van der Waals surface area contributed by atoms with Gasteiger partial charge in [0.25, 0.3) is 0 Å². The van der Waals surface area contributed by atoms with E-state index in [0.717, 1.165) is 0 Å². The van der Waals surface area contributed by atoms with Crippen molar-refractivity contribution in [3.8, 4) is 0 Å². The van der Waals surface area contributed by atoms with Crippen LogP contribution in [0, 0.1) is 5.82 Å². The van der Waals surface area contributed by atoms with E-state index in [1.165, 1.54) is 0 Å². The number of nitrogen functional groups attached to an aromatic ring is 1. The van der Waals surface area contributed by atoms with Gasteiger partial charge in [-0.1, -0.05) is 0 Å². The second-order valence-corrected chi connectivity index (χ2v) is 2.58. The molecule has 0 saturated carbocycles. The number of nitrogens with two attached hydrogens (primary N) is 1. The number of carbonyl (C=O) groups is 1. The van der Waals surface area contributed by atoms with Crippen molar-refractivity contribution in [3.05, 3.63) is 29.1 Å². The predicted octanol–water partition coefficient (Wildman–Crippen LogP) is 2.24. The molecule has 0 aliphatic heterocycles. The van der Waals surface area contributed by atoms with Crippen LogP contribution in [0.25, 0.3) is 0 Å². The Balaban J connectivity index is 3.42. The van der Waals surface area contributed by atoms with E-state index in [2.05, 4.69) is 0 Å². The van der Waals surface area contributed by atoms with Crippen molar-refractivity contribution in [2.24, 2.45) is 0 Å². The van der Waals surface area contributed by atoms with E-state index >= 15 is 0 Å². The van der Waals surface area contributed by atoms with Crippen molar-refractivity contribution in [1.29, 1.82) is 0 Å². The van der Waals surface area contributed by atoms with Crippen LogP contribution < -0.4 is 5.73 Å². The first kappa shape index (κ1) is 10.5. The molecule has 0 amide bonds. The zero-order valence-corrected chi connectivity index (χ0v) is 6.73. The summed E-state index contributed by atoms with van der Waals surface area (Å²) in [5.41, 5.74) is 2.53. The molecule has 0 atom stereocenters. The van der Waals surface area contributed by atoms with Crippen molar-refractivity contribution in [2.75, 3.05) is 5.73 Å². The monoisotopic (exact) mass is 207 g/mol. The second kappa shape index (κ2) is 3.28. The highest BCUT2D eigenvalue weighted by molar-refractivity contribution is 5.79. The van der Waals surface area contributed by atoms with Gasteiger partial charge in [0.1, 0.15) is 5.82 Å². The van der Waals surface area contributed by atoms with Crippen LogP contribution in [0.1, 0.15) is 15.9 Å². The topological polar surface area (TPSA) is 43.1 Å². The summed E-state index contributed by atoms with van der Waals surface area (Å²) in [6, 6.07) is 0.865. The molecule has 0 unspecified atom stereocenters. The summed E-state index contributed by atoms with van der Waals surface area (Å²) in [4.78, 5) is 10.3. The van der Waals surface area contributed by atoms with Gasteiger partial charge in [0.05, 0.1) is 11.3 Å². The molecule has 6 heteroatoms. The van der Waals surface area contributed by atoms with E-state index in [0.29, 0.717) is 6.07 Å². The summed E-state index contributed by atoms with van der Waals surface area (Å²) in [7, 11) is 0. The Labute approximate surface area is 76.3 Å². The molecule has 0 heterocycles. The molecule has 1 rings (SSSR count). The molecule has 0 aliphatic carbocycles. The Morgan fingerprint density at radius 2 is 1.86 bits per heavy atom. The zero-order chi connectivity index (χ0) is 10.9. The third-order valence-corrected chi connectivity index (χ3v) is 1.60. The number of anilines is 1. The van der Waals surface area contributed by atoms with Crippen molar-refractivity contribution in [1.82, 2.24) is 0 Å². The summed E-state index contributed by atoms with van der Waals surface area (Å²) >= 11 is 0. The molecule has 0 aromatic heterocycles. The van der Waals surface area contributed by atoms with Crippen LogP contribution in [0.2, 0.25) is 0 Å². The lowest BCUT2D eigenvalue weighted by Gasteiger charge is -2.10. The number of aldehydes is 1. The third kappa shape index (κ3) is 1.84. The second-order valence-electron chi connectivity index (χ2n) is 2.58. The van der Waals surface area contributed by atoms with Gasteiger partial charge in [-0.15, -0.1) is 0 Å². The van der Waals surface area contributed by atoms with Gasteiger partial charge in [-0.05, 0) is 12.1 Å². The summed E-state index contributed by atoms with van der Waals surface area (Å²) in [6.07, 6.45) is -4.77. The van der Waals surface area contributed by atoms with Crippen LogP contribution in [0.3, 0.4) is 0 Å². The van der Waals surface area contributed by atoms with Gasteiger partial charge >= 0.3 is 6.18 Å². The lowest BCUT2D eigenvalue weighted by atomic mass is 10.1. The Bertz CT molecular complexity index is 372. The van der Waals surface area contributed by atoms with Gasteiger partial charge in [-0.3, -0.25) is 4.79 Å². The minimum atomic E-state index is -4.76. The molecule has 1 aromatic carbocycles. The molecule has 0 spiro atoms. The van der Waals surface area contributed by atoms with Gasteiger partial charge in [-0.2, -0.15) is 13.2 Å². The predicted molar refractivity (Wildman–Crippen MR) is 41.2 cm³/mol.